The van der Waals surface area contributed by atoms with E-state index in [4.69, 9.17) is 0 Å². The van der Waals surface area contributed by atoms with E-state index in [0.717, 1.165) is 0 Å². The molecule has 15 heavy (non-hydrogen) atoms. The van der Waals surface area contributed by atoms with E-state index in [1.54, 1.807) is 4.90 Å². The van der Waals surface area contributed by atoms with Crippen LogP contribution in [0.5, 0.6) is 0 Å². The van der Waals surface area contributed by atoms with Crippen LogP contribution in [0.4, 0.5) is 4.79 Å². The molecule has 0 radical (unpaired) electrons. The molecule has 0 saturated carbocycles. The Morgan fingerprint density at radius 1 is 1.13 bits per heavy atom. The molecule has 0 aromatic carbocycles. The average molecular weight is 210 g/mol. The molecule has 0 aromatic rings. The Bertz CT molecular complexity index is 308. The SMILES string of the molecule is C=C1CN(C(C)C)C(=O)N(C(C)C)C1=O. The summed E-state index contributed by atoms with van der Waals surface area (Å²) >= 11 is 0. The summed E-state index contributed by atoms with van der Waals surface area (Å²) in [7, 11) is 0. The van der Waals surface area contributed by atoms with Crippen molar-refractivity contribution in [2.24, 2.45) is 0 Å². The molecule has 1 rings (SSSR count). The molecule has 4 heteroatoms. The van der Waals surface area contributed by atoms with Gasteiger partial charge in [0.1, 0.15) is 0 Å². The Hall–Kier alpha value is -1.32. The smallest absolute Gasteiger partial charge is 0.317 e. The lowest BCUT2D eigenvalue weighted by atomic mass is 10.1. The van der Waals surface area contributed by atoms with Gasteiger partial charge in [0.15, 0.2) is 0 Å². The third-order valence-electron chi connectivity index (χ3n) is 2.47. The van der Waals surface area contributed by atoms with Crippen LogP contribution >= 0.6 is 0 Å². The number of imide groups is 1. The maximum Gasteiger partial charge on any atom is 0.327 e. The van der Waals surface area contributed by atoms with E-state index in [0.29, 0.717) is 12.1 Å². The standard InChI is InChI=1S/C11H18N2O2/c1-7(2)12-6-9(5)10(14)13(8(3)4)11(12)15/h7-8H,5-6H2,1-4H3. The Labute approximate surface area is 90.5 Å². The Kier molecular flexibility index (Phi) is 3.17. The summed E-state index contributed by atoms with van der Waals surface area (Å²) in [6, 6.07) is -0.246. The van der Waals surface area contributed by atoms with Gasteiger partial charge in [-0.25, -0.2) is 4.79 Å². The number of carbonyl (C=O) groups is 2. The summed E-state index contributed by atoms with van der Waals surface area (Å²) in [4.78, 5) is 26.6. The van der Waals surface area contributed by atoms with Crippen LogP contribution in [-0.4, -0.2) is 40.4 Å². The monoisotopic (exact) mass is 210 g/mol. The van der Waals surface area contributed by atoms with E-state index in [2.05, 4.69) is 6.58 Å². The summed E-state index contributed by atoms with van der Waals surface area (Å²) < 4.78 is 0. The van der Waals surface area contributed by atoms with E-state index in [1.807, 2.05) is 27.7 Å². The van der Waals surface area contributed by atoms with Gasteiger partial charge in [0, 0.05) is 17.7 Å². The van der Waals surface area contributed by atoms with Crippen LogP contribution in [0.15, 0.2) is 12.2 Å². The molecule has 1 aliphatic heterocycles. The molecular weight excluding hydrogens is 192 g/mol. The highest BCUT2D eigenvalue weighted by Crippen LogP contribution is 2.18. The first kappa shape index (κ1) is 11.8. The summed E-state index contributed by atoms with van der Waals surface area (Å²) in [5.41, 5.74) is 0.483. The van der Waals surface area contributed by atoms with Crippen molar-refractivity contribution in [3.8, 4) is 0 Å². The molecular formula is C11H18N2O2. The van der Waals surface area contributed by atoms with Gasteiger partial charge in [0.2, 0.25) is 0 Å². The van der Waals surface area contributed by atoms with Gasteiger partial charge in [-0.2, -0.15) is 0 Å². The molecule has 0 aliphatic carbocycles. The quantitative estimate of drug-likeness (QED) is 0.650. The molecule has 1 heterocycles. The van der Waals surface area contributed by atoms with Crippen molar-refractivity contribution in [2.45, 2.75) is 39.8 Å². The summed E-state index contributed by atoms with van der Waals surface area (Å²) in [6.45, 7) is 11.6. The van der Waals surface area contributed by atoms with Crippen LogP contribution in [0.2, 0.25) is 0 Å². The highest BCUT2D eigenvalue weighted by Gasteiger charge is 2.36. The normalized spacial score (nSPS) is 18.4. The number of carbonyl (C=O) groups excluding carboxylic acids is 2. The molecule has 4 nitrogen and oxygen atoms in total. The molecule has 84 valence electrons. The predicted molar refractivity (Wildman–Crippen MR) is 58.4 cm³/mol. The van der Waals surface area contributed by atoms with Crippen molar-refractivity contribution in [3.05, 3.63) is 12.2 Å². The lowest BCUT2D eigenvalue weighted by Crippen LogP contribution is -2.57. The number of hydrogen-bond donors (Lipinski definition) is 0. The Balaban J connectivity index is 3.00. The number of rotatable bonds is 2. The van der Waals surface area contributed by atoms with Crippen LogP contribution in [-0.2, 0) is 4.79 Å². The van der Waals surface area contributed by atoms with Gasteiger partial charge < -0.3 is 4.90 Å². The highest BCUT2D eigenvalue weighted by atomic mass is 16.2. The van der Waals surface area contributed by atoms with E-state index in [-0.39, 0.29) is 24.0 Å². The van der Waals surface area contributed by atoms with Crippen molar-refractivity contribution >= 4 is 11.9 Å². The van der Waals surface area contributed by atoms with Gasteiger partial charge in [-0.05, 0) is 27.7 Å². The van der Waals surface area contributed by atoms with Crippen molar-refractivity contribution in [2.75, 3.05) is 6.54 Å². The second-order valence-corrected chi connectivity index (χ2v) is 4.38. The summed E-state index contributed by atoms with van der Waals surface area (Å²) in [6.07, 6.45) is 0. The van der Waals surface area contributed by atoms with Crippen LogP contribution in [0.1, 0.15) is 27.7 Å². The molecule has 1 saturated heterocycles. The van der Waals surface area contributed by atoms with E-state index >= 15 is 0 Å². The van der Waals surface area contributed by atoms with E-state index < -0.39 is 0 Å². The number of nitrogens with zero attached hydrogens (tertiary/aromatic N) is 2. The van der Waals surface area contributed by atoms with Gasteiger partial charge in [-0.1, -0.05) is 6.58 Å². The minimum atomic E-state index is -0.244. The molecule has 0 unspecified atom stereocenters. The maximum atomic E-state index is 12.0. The maximum absolute atomic E-state index is 12.0. The third kappa shape index (κ3) is 2.03. The van der Waals surface area contributed by atoms with Gasteiger partial charge in [-0.15, -0.1) is 0 Å². The van der Waals surface area contributed by atoms with Crippen LogP contribution < -0.4 is 0 Å². The topological polar surface area (TPSA) is 40.6 Å². The minimum Gasteiger partial charge on any atom is -0.317 e. The Morgan fingerprint density at radius 3 is 2.07 bits per heavy atom. The lowest BCUT2D eigenvalue weighted by molar-refractivity contribution is -0.127. The number of amides is 3. The first-order chi connectivity index (χ1) is 6.86. The van der Waals surface area contributed by atoms with Gasteiger partial charge >= 0.3 is 6.03 Å². The predicted octanol–water partition coefficient (Wildman–Crippen LogP) is 1.62. The molecule has 0 spiro atoms. The molecule has 1 fully saturated rings. The molecule has 0 N–H and O–H groups in total. The Morgan fingerprint density at radius 2 is 1.67 bits per heavy atom. The first-order valence-corrected chi connectivity index (χ1v) is 5.18. The second kappa shape index (κ2) is 4.04. The fourth-order valence-electron chi connectivity index (χ4n) is 1.60. The summed E-state index contributed by atoms with van der Waals surface area (Å²) in [5.74, 6) is -0.244. The molecule has 1 aliphatic rings. The zero-order valence-corrected chi connectivity index (χ0v) is 9.78. The lowest BCUT2D eigenvalue weighted by Gasteiger charge is -2.39. The van der Waals surface area contributed by atoms with Crippen LogP contribution in [0, 0.1) is 0 Å². The number of urea groups is 1. The summed E-state index contributed by atoms with van der Waals surface area (Å²) in [5, 5.41) is 0. The molecule has 3 amide bonds. The molecule has 0 bridgehead atoms. The average Bonchev–Trinajstić information content (AvgIpc) is 2.10. The van der Waals surface area contributed by atoms with Crippen LogP contribution in [0.25, 0.3) is 0 Å². The first-order valence-electron chi connectivity index (χ1n) is 5.18. The van der Waals surface area contributed by atoms with Crippen molar-refractivity contribution < 1.29 is 9.59 Å². The fraction of sp³-hybridized carbons (Fsp3) is 0.636. The molecule has 0 atom stereocenters. The van der Waals surface area contributed by atoms with Crippen LogP contribution in [0.3, 0.4) is 0 Å². The van der Waals surface area contributed by atoms with E-state index in [9.17, 15) is 9.59 Å². The third-order valence-corrected chi connectivity index (χ3v) is 2.47. The van der Waals surface area contributed by atoms with Crippen molar-refractivity contribution in [1.29, 1.82) is 0 Å². The zero-order chi connectivity index (χ0) is 11.7. The molecule has 0 aromatic heterocycles. The second-order valence-electron chi connectivity index (χ2n) is 4.38. The van der Waals surface area contributed by atoms with Gasteiger partial charge in [-0.3, -0.25) is 9.69 Å². The van der Waals surface area contributed by atoms with Gasteiger partial charge in [0.25, 0.3) is 5.91 Å². The largest absolute Gasteiger partial charge is 0.327 e. The number of hydrogen-bond acceptors (Lipinski definition) is 2. The van der Waals surface area contributed by atoms with E-state index in [1.165, 1.54) is 4.90 Å². The fourth-order valence-corrected chi connectivity index (χ4v) is 1.60. The van der Waals surface area contributed by atoms with Gasteiger partial charge in [0.05, 0.1) is 6.54 Å². The van der Waals surface area contributed by atoms with Crippen molar-refractivity contribution in [3.63, 3.8) is 0 Å². The van der Waals surface area contributed by atoms with Crippen molar-refractivity contribution in [1.82, 2.24) is 9.80 Å². The minimum absolute atomic E-state index is 0.0867. The zero-order valence-electron chi connectivity index (χ0n) is 9.78. The highest BCUT2D eigenvalue weighted by molar-refractivity contribution is 6.06.